The average molecular weight is 336 g/mol. The molecule has 0 saturated carbocycles. The highest BCUT2D eigenvalue weighted by Crippen LogP contribution is 1.92. The molecule has 16 heteroatoms. The fourth-order valence-corrected chi connectivity index (χ4v) is 0.492. The summed E-state index contributed by atoms with van der Waals surface area (Å²) >= 11 is 5.18. The molecule has 1 heterocycles. The minimum atomic E-state index is -0.931. The summed E-state index contributed by atoms with van der Waals surface area (Å²) in [5.41, 5.74) is -0.852. The molecule has 0 bridgehead atoms. The quantitative estimate of drug-likeness (QED) is 0.302. The first-order valence-electron chi connectivity index (χ1n) is 2.10. The lowest BCUT2D eigenvalue weighted by Gasteiger charge is -1.85. The third kappa shape index (κ3) is 30.1. The molecule has 1 rings (SSSR count). The number of aromatic nitrogens is 2. The van der Waals surface area contributed by atoms with E-state index in [0.717, 1.165) is 6.20 Å². The van der Waals surface area contributed by atoms with Gasteiger partial charge in [-0.3, -0.25) is 9.78 Å². The van der Waals surface area contributed by atoms with Crippen LogP contribution in [0.15, 0.2) is 11.0 Å². The zero-order valence-electron chi connectivity index (χ0n) is 12.0. The van der Waals surface area contributed by atoms with Crippen molar-refractivity contribution in [3.05, 3.63) is 27.7 Å². The normalized spacial score (nSPS) is 4.30. The van der Waals surface area contributed by atoms with E-state index < -0.39 is 11.4 Å². The molecule has 0 aliphatic carbocycles. The molecule has 136 valence electrons. The van der Waals surface area contributed by atoms with Gasteiger partial charge in [-0.15, -0.1) is 0 Å². The van der Waals surface area contributed by atoms with Crippen LogP contribution in [0.3, 0.4) is 0 Å². The molecular formula is C4H35ClFN13O. The van der Waals surface area contributed by atoms with Crippen LogP contribution in [0.4, 0.5) is 4.39 Å². The molecule has 0 amide bonds. The number of rotatable bonds is 0. The van der Waals surface area contributed by atoms with E-state index in [9.17, 15) is 9.18 Å². The Bertz CT molecular complexity index is 283. The standard InChI is InChI=1S/C4H2ClFN2O.11H3N/c5-4-7-1-2(6)3(9)8-4;;;;;;;;;;;/h1H,(H,7,8,9);11*1H3. The van der Waals surface area contributed by atoms with Crippen LogP contribution in [0.5, 0.6) is 0 Å². The van der Waals surface area contributed by atoms with Crippen molar-refractivity contribution in [1.82, 2.24) is 77.6 Å². The maximum absolute atomic E-state index is 12.0. The van der Waals surface area contributed by atoms with Gasteiger partial charge in [0.1, 0.15) is 0 Å². The molecule has 34 N–H and O–H groups in total. The number of halogens is 2. The second-order valence-corrected chi connectivity index (χ2v) is 1.71. The van der Waals surface area contributed by atoms with Crippen LogP contribution in [0.25, 0.3) is 0 Å². The van der Waals surface area contributed by atoms with Crippen LogP contribution in [0.2, 0.25) is 5.28 Å². The summed E-state index contributed by atoms with van der Waals surface area (Å²) in [6, 6.07) is 0. The molecule has 14 nitrogen and oxygen atoms in total. The maximum Gasteiger partial charge on any atom is 0.287 e. The number of H-pyrrole nitrogens is 1. The molecule has 0 radical (unpaired) electrons. The summed E-state index contributed by atoms with van der Waals surface area (Å²) < 4.78 is 12.0. The molecule has 0 aliphatic rings. The maximum atomic E-state index is 12.0. The van der Waals surface area contributed by atoms with Gasteiger partial charge in [-0.2, -0.15) is 4.39 Å². The van der Waals surface area contributed by atoms with Gasteiger partial charge in [0.25, 0.3) is 5.56 Å². The first-order valence-corrected chi connectivity index (χ1v) is 2.48. The summed E-state index contributed by atoms with van der Waals surface area (Å²) in [7, 11) is 0. The third-order valence-electron chi connectivity index (χ3n) is 0.725. The van der Waals surface area contributed by atoms with E-state index in [4.69, 9.17) is 11.6 Å². The number of nitrogens with one attached hydrogen (secondary N) is 1. The lowest BCUT2D eigenvalue weighted by Crippen LogP contribution is -2.10. The predicted octanol–water partition coefficient (Wildman–Crippen LogP) is 2.34. The number of hydrogen-bond donors (Lipinski definition) is 12. The zero-order chi connectivity index (χ0) is 6.85. The van der Waals surface area contributed by atoms with Crippen LogP contribution >= 0.6 is 11.6 Å². The largest absolute Gasteiger partial charge is 0.344 e. The molecule has 0 unspecified atom stereocenters. The fourth-order valence-electron chi connectivity index (χ4n) is 0.358. The highest BCUT2D eigenvalue weighted by Gasteiger charge is 1.96. The number of aromatic amines is 1. The Labute approximate surface area is 122 Å². The minimum absolute atomic E-state index is 0. The lowest BCUT2D eigenvalue weighted by molar-refractivity contribution is 0.600. The lowest BCUT2D eigenvalue weighted by atomic mass is 10.6. The van der Waals surface area contributed by atoms with Crippen molar-refractivity contribution < 1.29 is 4.39 Å². The van der Waals surface area contributed by atoms with Gasteiger partial charge in [0, 0.05) is 0 Å². The first kappa shape index (κ1) is 99.2. The molecule has 0 fully saturated rings. The summed E-state index contributed by atoms with van der Waals surface area (Å²) in [4.78, 5) is 15.5. The molecule has 1 aromatic heterocycles. The van der Waals surface area contributed by atoms with Crippen molar-refractivity contribution in [2.75, 3.05) is 0 Å². The second-order valence-electron chi connectivity index (χ2n) is 1.35. The monoisotopic (exact) mass is 335 g/mol. The van der Waals surface area contributed by atoms with Crippen molar-refractivity contribution in [2.24, 2.45) is 0 Å². The SMILES string of the molecule is N.N.N.N.N.N.N.N.N.N.N.O=c1[nH]c(Cl)ncc1F. The van der Waals surface area contributed by atoms with Crippen molar-refractivity contribution >= 4 is 11.6 Å². The van der Waals surface area contributed by atoms with Gasteiger partial charge in [0.2, 0.25) is 11.1 Å². The molecule has 0 saturated heterocycles. The minimum Gasteiger partial charge on any atom is -0.344 e. The van der Waals surface area contributed by atoms with Gasteiger partial charge in [0.05, 0.1) is 6.20 Å². The van der Waals surface area contributed by atoms with Gasteiger partial charge in [0.15, 0.2) is 0 Å². The van der Waals surface area contributed by atoms with Gasteiger partial charge < -0.3 is 67.7 Å². The van der Waals surface area contributed by atoms with E-state index in [0.29, 0.717) is 0 Å². The third-order valence-corrected chi connectivity index (χ3v) is 0.917. The highest BCUT2D eigenvalue weighted by molar-refractivity contribution is 6.28. The topological polar surface area (TPSA) is 431 Å². The Morgan fingerprint density at radius 1 is 0.850 bits per heavy atom. The molecule has 0 spiro atoms. The smallest absolute Gasteiger partial charge is 0.287 e. The van der Waals surface area contributed by atoms with Crippen LogP contribution in [-0.4, -0.2) is 9.97 Å². The Morgan fingerprint density at radius 3 is 1.35 bits per heavy atom. The van der Waals surface area contributed by atoms with E-state index in [2.05, 4.69) is 4.98 Å². The Balaban J connectivity index is -0.00000000818. The van der Waals surface area contributed by atoms with Crippen molar-refractivity contribution in [3.63, 3.8) is 0 Å². The molecule has 0 atom stereocenters. The number of nitrogens with zero attached hydrogens (tertiary/aromatic N) is 1. The van der Waals surface area contributed by atoms with E-state index >= 15 is 0 Å². The highest BCUT2D eigenvalue weighted by atomic mass is 35.5. The fraction of sp³-hybridized carbons (Fsp3) is 0. The Hall–Kier alpha value is -1.34. The van der Waals surface area contributed by atoms with Crippen LogP contribution in [0, 0.1) is 5.82 Å². The van der Waals surface area contributed by atoms with Crippen LogP contribution in [0.1, 0.15) is 0 Å². The second kappa shape index (κ2) is 43.1. The summed E-state index contributed by atoms with van der Waals surface area (Å²) in [5, 5.41) is -0.110. The zero-order valence-corrected chi connectivity index (χ0v) is 12.7. The Kier molecular flexibility index (Phi) is 214. The van der Waals surface area contributed by atoms with Crippen molar-refractivity contribution in [2.45, 2.75) is 0 Å². The molecule has 1 aromatic rings. The van der Waals surface area contributed by atoms with E-state index in [1.54, 1.807) is 0 Å². The van der Waals surface area contributed by atoms with Gasteiger partial charge >= 0.3 is 0 Å². The predicted molar refractivity (Wildman–Crippen MR) is 85.1 cm³/mol. The average Bonchev–Trinajstić information content (AvgIpc) is 1.80. The summed E-state index contributed by atoms with van der Waals surface area (Å²) in [6.07, 6.45) is 0.765. The molecule has 20 heavy (non-hydrogen) atoms. The number of hydrogen-bond acceptors (Lipinski definition) is 13. The van der Waals surface area contributed by atoms with E-state index in [1.807, 2.05) is 4.98 Å². The first-order chi connectivity index (χ1) is 4.20. The molecular weight excluding hydrogens is 301 g/mol. The summed E-state index contributed by atoms with van der Waals surface area (Å²) in [5.74, 6) is -0.931. The molecule has 0 aliphatic heterocycles. The molecule has 0 aromatic carbocycles. The Morgan fingerprint density at radius 2 is 1.15 bits per heavy atom. The van der Waals surface area contributed by atoms with Gasteiger partial charge in [-0.05, 0) is 11.6 Å². The van der Waals surface area contributed by atoms with Crippen molar-refractivity contribution in [3.8, 4) is 0 Å². The van der Waals surface area contributed by atoms with Crippen LogP contribution < -0.4 is 73.2 Å². The van der Waals surface area contributed by atoms with Crippen molar-refractivity contribution in [1.29, 1.82) is 0 Å². The summed E-state index contributed by atoms with van der Waals surface area (Å²) in [6.45, 7) is 0. The van der Waals surface area contributed by atoms with Crippen LogP contribution in [-0.2, 0) is 0 Å². The van der Waals surface area contributed by atoms with E-state index in [-0.39, 0.29) is 72.9 Å². The van der Waals surface area contributed by atoms with Gasteiger partial charge in [-0.1, -0.05) is 0 Å². The van der Waals surface area contributed by atoms with Gasteiger partial charge in [-0.25, -0.2) is 4.98 Å². The van der Waals surface area contributed by atoms with E-state index in [1.165, 1.54) is 0 Å².